The topological polar surface area (TPSA) is 67.4 Å². The Morgan fingerprint density at radius 3 is 2.45 bits per heavy atom. The number of hydrogen-bond acceptors (Lipinski definition) is 3. The van der Waals surface area contributed by atoms with Crippen molar-refractivity contribution in [3.8, 4) is 5.75 Å². The van der Waals surface area contributed by atoms with Crippen LogP contribution in [0.2, 0.25) is 5.02 Å². The van der Waals surface area contributed by atoms with Crippen LogP contribution in [-0.2, 0) is 17.9 Å². The van der Waals surface area contributed by atoms with Gasteiger partial charge >= 0.3 is 0 Å². The van der Waals surface area contributed by atoms with Crippen molar-refractivity contribution in [3.63, 3.8) is 0 Å². The summed E-state index contributed by atoms with van der Waals surface area (Å²) >= 11 is 5.90. The van der Waals surface area contributed by atoms with Gasteiger partial charge in [0.25, 0.3) is 5.91 Å². The fourth-order valence-corrected chi connectivity index (χ4v) is 2.89. The number of carbonyl (C=O) groups is 2. The van der Waals surface area contributed by atoms with Crippen LogP contribution in [-0.4, -0.2) is 11.8 Å². The fraction of sp³-hybridized carbons (Fsp3) is 0.130. The summed E-state index contributed by atoms with van der Waals surface area (Å²) < 4.78 is 5.85. The zero-order chi connectivity index (χ0) is 20.6. The fourth-order valence-electron chi connectivity index (χ4n) is 2.76. The lowest BCUT2D eigenvalue weighted by atomic mass is 10.1. The van der Waals surface area contributed by atoms with E-state index in [1.165, 1.54) is 6.92 Å². The molecule has 2 N–H and O–H groups in total. The third-order valence-electron chi connectivity index (χ3n) is 4.14. The molecule has 29 heavy (non-hydrogen) atoms. The highest BCUT2D eigenvalue weighted by atomic mass is 35.5. The number of halogens is 1. The SMILES string of the molecule is CC(=O)Nc1cccc(CNC(=O)c2ccccc2OCc2ccc(Cl)cc2)c1. The maximum Gasteiger partial charge on any atom is 0.255 e. The van der Waals surface area contributed by atoms with Crippen molar-refractivity contribution in [1.29, 1.82) is 0 Å². The van der Waals surface area contributed by atoms with Crippen molar-refractivity contribution in [2.75, 3.05) is 5.32 Å². The van der Waals surface area contributed by atoms with E-state index in [1.54, 1.807) is 36.4 Å². The molecule has 0 spiro atoms. The van der Waals surface area contributed by atoms with Gasteiger partial charge in [-0.15, -0.1) is 0 Å². The molecule has 0 radical (unpaired) electrons. The van der Waals surface area contributed by atoms with Crippen LogP contribution in [0.3, 0.4) is 0 Å². The first-order valence-corrected chi connectivity index (χ1v) is 9.50. The summed E-state index contributed by atoms with van der Waals surface area (Å²) in [5.41, 5.74) is 2.99. The van der Waals surface area contributed by atoms with Gasteiger partial charge in [-0.25, -0.2) is 0 Å². The Balaban J connectivity index is 1.63. The summed E-state index contributed by atoms with van der Waals surface area (Å²) in [6.45, 7) is 2.12. The summed E-state index contributed by atoms with van der Waals surface area (Å²) in [5.74, 6) is 0.131. The molecule has 3 aromatic carbocycles. The van der Waals surface area contributed by atoms with Crippen molar-refractivity contribution in [2.45, 2.75) is 20.1 Å². The number of anilines is 1. The molecule has 0 bridgehead atoms. The number of amides is 2. The summed E-state index contributed by atoms with van der Waals surface area (Å²) in [7, 11) is 0. The monoisotopic (exact) mass is 408 g/mol. The number of ether oxygens (including phenoxy) is 1. The van der Waals surface area contributed by atoms with Gasteiger partial charge in [-0.3, -0.25) is 9.59 Å². The average molecular weight is 409 g/mol. The Bertz CT molecular complexity index is 1000. The van der Waals surface area contributed by atoms with Gasteiger partial charge in [0.05, 0.1) is 5.56 Å². The quantitative estimate of drug-likeness (QED) is 0.589. The minimum absolute atomic E-state index is 0.141. The first kappa shape index (κ1) is 20.4. The zero-order valence-corrected chi connectivity index (χ0v) is 16.7. The Hall–Kier alpha value is -3.31. The lowest BCUT2D eigenvalue weighted by molar-refractivity contribution is -0.114. The van der Waals surface area contributed by atoms with E-state index in [4.69, 9.17) is 16.3 Å². The highest BCUT2D eigenvalue weighted by molar-refractivity contribution is 6.30. The summed E-state index contributed by atoms with van der Waals surface area (Å²) in [6.07, 6.45) is 0. The molecule has 3 rings (SSSR count). The van der Waals surface area contributed by atoms with Crippen molar-refractivity contribution in [1.82, 2.24) is 5.32 Å². The number of rotatable bonds is 7. The summed E-state index contributed by atoms with van der Waals surface area (Å²) in [6, 6.07) is 21.8. The highest BCUT2D eigenvalue weighted by Crippen LogP contribution is 2.20. The molecular weight excluding hydrogens is 388 g/mol. The molecule has 0 unspecified atom stereocenters. The van der Waals surface area contributed by atoms with Crippen LogP contribution >= 0.6 is 11.6 Å². The maximum absolute atomic E-state index is 12.7. The molecule has 0 saturated carbocycles. The van der Waals surface area contributed by atoms with Gasteiger partial charge in [0.1, 0.15) is 12.4 Å². The van der Waals surface area contributed by atoms with E-state index in [9.17, 15) is 9.59 Å². The molecule has 5 nitrogen and oxygen atoms in total. The van der Waals surface area contributed by atoms with Gasteiger partial charge < -0.3 is 15.4 Å². The van der Waals surface area contributed by atoms with Crippen LogP contribution < -0.4 is 15.4 Å². The lowest BCUT2D eigenvalue weighted by Crippen LogP contribution is -2.23. The largest absolute Gasteiger partial charge is 0.488 e. The zero-order valence-electron chi connectivity index (χ0n) is 15.9. The molecule has 148 valence electrons. The van der Waals surface area contributed by atoms with Crippen LogP contribution in [0, 0.1) is 0 Å². The van der Waals surface area contributed by atoms with Crippen LogP contribution in [0.4, 0.5) is 5.69 Å². The van der Waals surface area contributed by atoms with Gasteiger partial charge in [-0.2, -0.15) is 0 Å². The third kappa shape index (κ3) is 6.09. The number of hydrogen-bond donors (Lipinski definition) is 2. The first-order chi connectivity index (χ1) is 14.0. The van der Waals surface area contributed by atoms with E-state index in [-0.39, 0.29) is 11.8 Å². The molecule has 0 aliphatic heterocycles. The van der Waals surface area contributed by atoms with Crippen molar-refractivity contribution >= 4 is 29.1 Å². The van der Waals surface area contributed by atoms with Gasteiger partial charge in [0.15, 0.2) is 0 Å². The lowest BCUT2D eigenvalue weighted by Gasteiger charge is -2.12. The van der Waals surface area contributed by atoms with Gasteiger partial charge in [0, 0.05) is 24.2 Å². The highest BCUT2D eigenvalue weighted by Gasteiger charge is 2.12. The van der Waals surface area contributed by atoms with Crippen LogP contribution in [0.1, 0.15) is 28.4 Å². The van der Waals surface area contributed by atoms with Gasteiger partial charge in [-0.05, 0) is 47.5 Å². The molecule has 2 amide bonds. The predicted octanol–water partition coefficient (Wildman–Crippen LogP) is 4.81. The van der Waals surface area contributed by atoms with E-state index in [1.807, 2.05) is 36.4 Å². The number of nitrogens with one attached hydrogen (secondary N) is 2. The third-order valence-corrected chi connectivity index (χ3v) is 4.39. The van der Waals surface area contributed by atoms with Crippen LogP contribution in [0.25, 0.3) is 0 Å². The summed E-state index contributed by atoms with van der Waals surface area (Å²) in [4.78, 5) is 23.9. The van der Waals surface area contributed by atoms with Crippen LogP contribution in [0.5, 0.6) is 5.75 Å². The van der Waals surface area contributed by atoms with Gasteiger partial charge in [-0.1, -0.05) is 48.0 Å². The molecule has 0 saturated heterocycles. The molecule has 0 aliphatic carbocycles. The Morgan fingerprint density at radius 1 is 0.931 bits per heavy atom. The minimum Gasteiger partial charge on any atom is -0.488 e. The smallest absolute Gasteiger partial charge is 0.255 e. The number of carbonyl (C=O) groups excluding carboxylic acids is 2. The Labute approximate surface area is 174 Å². The molecule has 0 fully saturated rings. The van der Waals surface area contributed by atoms with E-state index in [0.717, 1.165) is 11.1 Å². The standard InChI is InChI=1S/C23H21ClN2O3/c1-16(27)26-20-6-4-5-18(13-20)14-25-23(28)21-7-2-3-8-22(21)29-15-17-9-11-19(24)12-10-17/h2-13H,14-15H2,1H3,(H,25,28)(H,26,27). The van der Waals surface area contributed by atoms with Crippen LogP contribution in [0.15, 0.2) is 72.8 Å². The second-order valence-corrected chi connectivity index (χ2v) is 6.91. The van der Waals surface area contributed by atoms with E-state index >= 15 is 0 Å². The maximum atomic E-state index is 12.7. The number of para-hydroxylation sites is 1. The second-order valence-electron chi connectivity index (χ2n) is 6.48. The van der Waals surface area contributed by atoms with Crippen molar-refractivity contribution < 1.29 is 14.3 Å². The molecule has 0 aromatic heterocycles. The average Bonchev–Trinajstić information content (AvgIpc) is 2.71. The molecular formula is C23H21ClN2O3. The van der Waals surface area contributed by atoms with E-state index in [2.05, 4.69) is 10.6 Å². The Morgan fingerprint density at radius 2 is 1.69 bits per heavy atom. The minimum atomic E-state index is -0.235. The molecule has 0 heterocycles. The first-order valence-electron chi connectivity index (χ1n) is 9.12. The molecule has 6 heteroatoms. The van der Waals surface area contributed by atoms with Crippen molar-refractivity contribution in [3.05, 3.63) is 94.5 Å². The van der Waals surface area contributed by atoms with E-state index in [0.29, 0.717) is 35.2 Å². The Kier molecular flexibility index (Phi) is 6.87. The van der Waals surface area contributed by atoms with Crippen molar-refractivity contribution in [2.24, 2.45) is 0 Å². The normalized spacial score (nSPS) is 10.3. The van der Waals surface area contributed by atoms with E-state index < -0.39 is 0 Å². The molecule has 0 aliphatic rings. The second kappa shape index (κ2) is 9.75. The van der Waals surface area contributed by atoms with Gasteiger partial charge in [0.2, 0.25) is 5.91 Å². The number of benzene rings is 3. The molecule has 3 aromatic rings. The predicted molar refractivity (Wildman–Crippen MR) is 114 cm³/mol. The summed E-state index contributed by atoms with van der Waals surface area (Å²) in [5, 5.41) is 6.29. The molecule has 0 atom stereocenters.